The fraction of sp³-hybridized carbons (Fsp3) is 0.462. The molecule has 1 rings (SSSR count). The van der Waals surface area contributed by atoms with E-state index in [1.54, 1.807) is 13.8 Å². The molecule has 16 heavy (non-hydrogen) atoms. The van der Waals surface area contributed by atoms with Crippen molar-refractivity contribution in [1.29, 1.82) is 0 Å². The predicted octanol–water partition coefficient (Wildman–Crippen LogP) is 2.77. The van der Waals surface area contributed by atoms with Gasteiger partial charge in [0.25, 0.3) is 0 Å². The van der Waals surface area contributed by atoms with Gasteiger partial charge in [0.2, 0.25) is 0 Å². The van der Waals surface area contributed by atoms with Crippen LogP contribution in [0.15, 0.2) is 24.3 Å². The Kier molecular flexibility index (Phi) is 3.93. The molecule has 1 aromatic carbocycles. The summed E-state index contributed by atoms with van der Waals surface area (Å²) in [4.78, 5) is 10.9. The normalized spacial score (nSPS) is 11.2. The Balaban J connectivity index is 2.58. The second-order valence-electron chi connectivity index (χ2n) is 4.59. The lowest BCUT2D eigenvalue weighted by Crippen LogP contribution is -2.31. The number of carbonyl (C=O) groups is 1. The number of nitrogens with one attached hydrogen (secondary N) is 1. The summed E-state index contributed by atoms with van der Waals surface area (Å²) in [6.07, 6.45) is 1.01. The number of aliphatic carboxylic acids is 1. The van der Waals surface area contributed by atoms with Crippen molar-refractivity contribution in [2.24, 2.45) is 5.41 Å². The number of rotatable bonds is 5. The summed E-state index contributed by atoms with van der Waals surface area (Å²) in [6, 6.07) is 8.07. The molecule has 0 amide bonds. The van der Waals surface area contributed by atoms with Gasteiger partial charge in [0, 0.05) is 12.2 Å². The SMILES string of the molecule is CCc1ccc(NCC(C)(C)C(=O)O)cc1. The molecule has 0 aliphatic heterocycles. The summed E-state index contributed by atoms with van der Waals surface area (Å²) >= 11 is 0. The summed E-state index contributed by atoms with van der Waals surface area (Å²) in [5, 5.41) is 12.1. The van der Waals surface area contributed by atoms with Crippen LogP contribution >= 0.6 is 0 Å². The van der Waals surface area contributed by atoms with E-state index in [1.807, 2.05) is 12.1 Å². The van der Waals surface area contributed by atoms with Gasteiger partial charge >= 0.3 is 5.97 Å². The van der Waals surface area contributed by atoms with Gasteiger partial charge in [-0.1, -0.05) is 19.1 Å². The van der Waals surface area contributed by atoms with Gasteiger partial charge in [-0.15, -0.1) is 0 Å². The largest absolute Gasteiger partial charge is 0.481 e. The minimum absolute atomic E-state index is 0.424. The fourth-order valence-electron chi connectivity index (χ4n) is 1.26. The molecule has 0 atom stereocenters. The van der Waals surface area contributed by atoms with Crippen LogP contribution < -0.4 is 5.32 Å². The van der Waals surface area contributed by atoms with Crippen LogP contribution in [0.25, 0.3) is 0 Å². The lowest BCUT2D eigenvalue weighted by atomic mass is 9.94. The fourth-order valence-corrected chi connectivity index (χ4v) is 1.26. The van der Waals surface area contributed by atoms with Gasteiger partial charge < -0.3 is 10.4 Å². The molecule has 0 saturated carbocycles. The monoisotopic (exact) mass is 221 g/mol. The second kappa shape index (κ2) is 5.01. The summed E-state index contributed by atoms with van der Waals surface area (Å²) in [5.41, 5.74) is 1.50. The summed E-state index contributed by atoms with van der Waals surface area (Å²) in [6.45, 7) is 5.95. The Morgan fingerprint density at radius 2 is 1.88 bits per heavy atom. The van der Waals surface area contributed by atoms with E-state index in [0.29, 0.717) is 6.54 Å². The summed E-state index contributed by atoms with van der Waals surface area (Å²) in [5.74, 6) is -0.787. The first-order valence-electron chi connectivity index (χ1n) is 5.52. The predicted molar refractivity (Wildman–Crippen MR) is 65.7 cm³/mol. The number of benzene rings is 1. The van der Waals surface area contributed by atoms with Crippen LogP contribution in [0.5, 0.6) is 0 Å². The minimum Gasteiger partial charge on any atom is -0.481 e. The molecular formula is C13H19NO2. The van der Waals surface area contributed by atoms with E-state index in [9.17, 15) is 4.79 Å². The van der Waals surface area contributed by atoms with Gasteiger partial charge in [-0.3, -0.25) is 4.79 Å². The number of anilines is 1. The zero-order valence-corrected chi connectivity index (χ0v) is 10.1. The van der Waals surface area contributed by atoms with Crippen molar-refractivity contribution in [3.8, 4) is 0 Å². The Bertz CT molecular complexity index is 355. The smallest absolute Gasteiger partial charge is 0.310 e. The van der Waals surface area contributed by atoms with Crippen LogP contribution in [-0.4, -0.2) is 17.6 Å². The Morgan fingerprint density at radius 1 is 1.31 bits per heavy atom. The third-order valence-electron chi connectivity index (χ3n) is 2.68. The van der Waals surface area contributed by atoms with Crippen molar-refractivity contribution >= 4 is 11.7 Å². The van der Waals surface area contributed by atoms with E-state index in [4.69, 9.17) is 5.11 Å². The van der Waals surface area contributed by atoms with Crippen molar-refractivity contribution in [3.05, 3.63) is 29.8 Å². The maximum absolute atomic E-state index is 10.9. The van der Waals surface area contributed by atoms with Crippen molar-refractivity contribution < 1.29 is 9.90 Å². The maximum atomic E-state index is 10.9. The van der Waals surface area contributed by atoms with E-state index in [2.05, 4.69) is 24.4 Å². The van der Waals surface area contributed by atoms with Gasteiger partial charge in [0.15, 0.2) is 0 Å². The third kappa shape index (κ3) is 3.26. The van der Waals surface area contributed by atoms with Crippen LogP contribution in [0.4, 0.5) is 5.69 Å². The van der Waals surface area contributed by atoms with Crippen LogP contribution in [0.1, 0.15) is 26.3 Å². The molecule has 0 aromatic heterocycles. The molecule has 0 fully saturated rings. The van der Waals surface area contributed by atoms with Crippen molar-refractivity contribution in [2.45, 2.75) is 27.2 Å². The highest BCUT2D eigenvalue weighted by molar-refractivity contribution is 5.74. The van der Waals surface area contributed by atoms with Gasteiger partial charge in [0.1, 0.15) is 0 Å². The summed E-state index contributed by atoms with van der Waals surface area (Å²) in [7, 11) is 0. The van der Waals surface area contributed by atoms with E-state index in [0.717, 1.165) is 12.1 Å². The van der Waals surface area contributed by atoms with Crippen molar-refractivity contribution in [1.82, 2.24) is 0 Å². The number of aryl methyl sites for hydroxylation is 1. The zero-order chi connectivity index (χ0) is 12.2. The molecular weight excluding hydrogens is 202 g/mol. The molecule has 2 N–H and O–H groups in total. The molecule has 0 spiro atoms. The highest BCUT2D eigenvalue weighted by Gasteiger charge is 2.26. The van der Waals surface area contributed by atoms with E-state index >= 15 is 0 Å². The Morgan fingerprint density at radius 3 is 2.31 bits per heavy atom. The Hall–Kier alpha value is -1.51. The molecule has 88 valence electrons. The van der Waals surface area contributed by atoms with E-state index in [-0.39, 0.29) is 0 Å². The van der Waals surface area contributed by atoms with Crippen LogP contribution in [0.3, 0.4) is 0 Å². The van der Waals surface area contributed by atoms with E-state index < -0.39 is 11.4 Å². The van der Waals surface area contributed by atoms with Crippen LogP contribution in [0, 0.1) is 5.41 Å². The highest BCUT2D eigenvalue weighted by atomic mass is 16.4. The summed E-state index contributed by atoms with van der Waals surface area (Å²) < 4.78 is 0. The average molecular weight is 221 g/mol. The third-order valence-corrected chi connectivity index (χ3v) is 2.68. The lowest BCUT2D eigenvalue weighted by Gasteiger charge is -2.20. The molecule has 3 heteroatoms. The molecule has 3 nitrogen and oxygen atoms in total. The molecule has 0 heterocycles. The first kappa shape index (κ1) is 12.6. The molecule has 1 aromatic rings. The number of hydrogen-bond acceptors (Lipinski definition) is 2. The minimum atomic E-state index is -0.787. The Labute approximate surface area is 96.5 Å². The highest BCUT2D eigenvalue weighted by Crippen LogP contribution is 2.17. The van der Waals surface area contributed by atoms with Crippen LogP contribution in [-0.2, 0) is 11.2 Å². The van der Waals surface area contributed by atoms with Crippen molar-refractivity contribution in [3.63, 3.8) is 0 Å². The first-order chi connectivity index (χ1) is 7.45. The van der Waals surface area contributed by atoms with Gasteiger partial charge in [-0.05, 0) is 38.0 Å². The number of hydrogen-bond donors (Lipinski definition) is 2. The molecule has 0 radical (unpaired) electrons. The standard InChI is InChI=1S/C13H19NO2/c1-4-10-5-7-11(8-6-10)14-9-13(2,3)12(15)16/h5-8,14H,4,9H2,1-3H3,(H,15,16). The average Bonchev–Trinajstić information content (AvgIpc) is 2.27. The topological polar surface area (TPSA) is 49.3 Å². The molecule has 0 unspecified atom stereocenters. The quantitative estimate of drug-likeness (QED) is 0.803. The first-order valence-corrected chi connectivity index (χ1v) is 5.52. The second-order valence-corrected chi connectivity index (χ2v) is 4.59. The maximum Gasteiger partial charge on any atom is 0.310 e. The molecule has 0 bridgehead atoms. The van der Waals surface area contributed by atoms with Crippen LogP contribution in [0.2, 0.25) is 0 Å². The lowest BCUT2D eigenvalue weighted by molar-refractivity contribution is -0.146. The molecule has 0 aliphatic rings. The number of carboxylic acids is 1. The van der Waals surface area contributed by atoms with E-state index in [1.165, 1.54) is 5.56 Å². The van der Waals surface area contributed by atoms with Gasteiger partial charge in [0.05, 0.1) is 5.41 Å². The zero-order valence-electron chi connectivity index (χ0n) is 10.1. The molecule has 0 saturated heterocycles. The van der Waals surface area contributed by atoms with Gasteiger partial charge in [-0.2, -0.15) is 0 Å². The molecule has 0 aliphatic carbocycles. The van der Waals surface area contributed by atoms with Gasteiger partial charge in [-0.25, -0.2) is 0 Å². The van der Waals surface area contributed by atoms with Crippen molar-refractivity contribution in [2.75, 3.05) is 11.9 Å². The number of carboxylic acid groups (broad SMARTS) is 1.